The molecular weight excluding hydrogens is 254 g/mol. The van der Waals surface area contributed by atoms with E-state index in [1.165, 1.54) is 0 Å². The van der Waals surface area contributed by atoms with Crippen molar-refractivity contribution in [3.8, 4) is 0 Å². The minimum Gasteiger partial charge on any atom is -0.398 e. The molecule has 1 heterocycles. The first kappa shape index (κ1) is 14.4. The zero-order valence-corrected chi connectivity index (χ0v) is 11.8. The van der Waals surface area contributed by atoms with Crippen molar-refractivity contribution in [2.75, 3.05) is 24.1 Å². The number of nitrogens with two attached hydrogens (primary N) is 1. The molecular formula is C15H21N3O2. The van der Waals surface area contributed by atoms with E-state index >= 15 is 0 Å². The number of nitrogens with one attached hydrogen (secondary N) is 1. The van der Waals surface area contributed by atoms with Gasteiger partial charge in [-0.2, -0.15) is 0 Å². The Bertz CT molecular complexity index is 514. The number of likely N-dealkylation sites (tertiary alicyclic amines) is 1. The van der Waals surface area contributed by atoms with E-state index in [2.05, 4.69) is 5.32 Å². The summed E-state index contributed by atoms with van der Waals surface area (Å²) in [5.74, 6) is 0.169. The number of benzene rings is 1. The monoisotopic (exact) mass is 275 g/mol. The number of carbonyl (C=O) groups excluding carboxylic acids is 2. The maximum atomic E-state index is 11.9. The number of nitrogens with zero attached hydrogens (tertiary/aromatic N) is 1. The van der Waals surface area contributed by atoms with E-state index in [9.17, 15) is 9.59 Å². The van der Waals surface area contributed by atoms with Gasteiger partial charge in [-0.15, -0.1) is 0 Å². The summed E-state index contributed by atoms with van der Waals surface area (Å²) in [6, 6.07) is 5.47. The van der Waals surface area contributed by atoms with Crippen LogP contribution >= 0.6 is 0 Å². The van der Waals surface area contributed by atoms with Gasteiger partial charge in [0, 0.05) is 37.3 Å². The van der Waals surface area contributed by atoms with Crippen molar-refractivity contribution in [3.63, 3.8) is 0 Å². The van der Waals surface area contributed by atoms with Gasteiger partial charge < -0.3 is 16.0 Å². The van der Waals surface area contributed by atoms with Crippen LogP contribution in [-0.4, -0.2) is 29.8 Å². The smallest absolute Gasteiger partial charge is 0.224 e. The molecule has 2 amide bonds. The number of carbonyl (C=O) groups is 2. The minimum absolute atomic E-state index is 0.0367. The third-order valence-electron chi connectivity index (χ3n) is 3.65. The van der Waals surface area contributed by atoms with E-state index in [4.69, 9.17) is 5.73 Å². The first-order chi connectivity index (χ1) is 9.58. The van der Waals surface area contributed by atoms with Crippen molar-refractivity contribution in [2.24, 2.45) is 0 Å². The molecule has 5 heteroatoms. The summed E-state index contributed by atoms with van der Waals surface area (Å²) in [6.45, 7) is 3.38. The number of hydrogen-bond acceptors (Lipinski definition) is 3. The van der Waals surface area contributed by atoms with E-state index < -0.39 is 0 Å². The predicted molar refractivity (Wildman–Crippen MR) is 79.3 cm³/mol. The molecule has 0 spiro atoms. The second-order valence-corrected chi connectivity index (χ2v) is 5.16. The number of amides is 2. The van der Waals surface area contributed by atoms with Crippen molar-refractivity contribution in [1.82, 2.24) is 4.90 Å². The summed E-state index contributed by atoms with van der Waals surface area (Å²) in [5, 5.41) is 2.87. The highest BCUT2D eigenvalue weighted by molar-refractivity contribution is 5.92. The molecule has 0 unspecified atom stereocenters. The Balaban J connectivity index is 1.78. The lowest BCUT2D eigenvalue weighted by Crippen LogP contribution is -2.26. The molecule has 0 saturated carbocycles. The lowest BCUT2D eigenvalue weighted by molar-refractivity contribution is -0.128. The molecule has 1 aliphatic rings. The SMILES string of the molecule is Cc1c(N)cccc1NC(=O)CCCN1CCCC1=O. The van der Waals surface area contributed by atoms with Gasteiger partial charge in [0.25, 0.3) is 0 Å². The summed E-state index contributed by atoms with van der Waals surface area (Å²) in [7, 11) is 0. The van der Waals surface area contributed by atoms with Gasteiger partial charge in [-0.3, -0.25) is 9.59 Å². The fourth-order valence-electron chi connectivity index (χ4n) is 2.37. The zero-order chi connectivity index (χ0) is 14.5. The molecule has 1 aromatic carbocycles. The second-order valence-electron chi connectivity index (χ2n) is 5.16. The van der Waals surface area contributed by atoms with Gasteiger partial charge in [0.1, 0.15) is 0 Å². The Hall–Kier alpha value is -2.04. The van der Waals surface area contributed by atoms with Crippen molar-refractivity contribution in [3.05, 3.63) is 23.8 Å². The van der Waals surface area contributed by atoms with Crippen LogP contribution in [0.4, 0.5) is 11.4 Å². The maximum absolute atomic E-state index is 11.9. The Morgan fingerprint density at radius 2 is 2.25 bits per heavy atom. The molecule has 0 radical (unpaired) electrons. The Labute approximate surface area is 119 Å². The van der Waals surface area contributed by atoms with Gasteiger partial charge in [0.15, 0.2) is 0 Å². The second kappa shape index (κ2) is 6.41. The molecule has 0 aliphatic carbocycles. The van der Waals surface area contributed by atoms with Gasteiger partial charge >= 0.3 is 0 Å². The molecule has 108 valence electrons. The zero-order valence-electron chi connectivity index (χ0n) is 11.8. The van der Waals surface area contributed by atoms with E-state index in [-0.39, 0.29) is 11.8 Å². The quantitative estimate of drug-likeness (QED) is 0.806. The first-order valence-corrected chi connectivity index (χ1v) is 7.00. The highest BCUT2D eigenvalue weighted by Crippen LogP contribution is 2.20. The fourth-order valence-corrected chi connectivity index (χ4v) is 2.37. The Morgan fingerprint density at radius 1 is 1.45 bits per heavy atom. The number of hydrogen-bond donors (Lipinski definition) is 2. The van der Waals surface area contributed by atoms with Crippen LogP contribution in [0.1, 0.15) is 31.2 Å². The molecule has 0 atom stereocenters. The van der Waals surface area contributed by atoms with Crippen molar-refractivity contribution in [1.29, 1.82) is 0 Å². The lowest BCUT2D eigenvalue weighted by atomic mass is 10.1. The standard InChI is InChI=1S/C15H21N3O2/c1-11-12(16)5-2-6-13(11)17-14(19)7-3-9-18-10-4-8-15(18)20/h2,5-6H,3-4,7-10,16H2,1H3,(H,17,19). The van der Waals surface area contributed by atoms with E-state index in [1.807, 2.05) is 30.0 Å². The van der Waals surface area contributed by atoms with Crippen LogP contribution in [0.2, 0.25) is 0 Å². The van der Waals surface area contributed by atoms with E-state index in [1.54, 1.807) is 0 Å². The highest BCUT2D eigenvalue weighted by atomic mass is 16.2. The summed E-state index contributed by atoms with van der Waals surface area (Å²) in [5.41, 5.74) is 8.11. The maximum Gasteiger partial charge on any atom is 0.224 e. The summed E-state index contributed by atoms with van der Waals surface area (Å²) in [6.07, 6.45) is 2.69. The average Bonchev–Trinajstić information content (AvgIpc) is 2.81. The fraction of sp³-hybridized carbons (Fsp3) is 0.467. The van der Waals surface area contributed by atoms with Crippen LogP contribution in [0, 0.1) is 6.92 Å². The van der Waals surface area contributed by atoms with Crippen LogP contribution in [0.5, 0.6) is 0 Å². The largest absolute Gasteiger partial charge is 0.398 e. The lowest BCUT2D eigenvalue weighted by Gasteiger charge is -2.15. The number of rotatable bonds is 5. The topological polar surface area (TPSA) is 75.4 Å². The van der Waals surface area contributed by atoms with Crippen molar-refractivity contribution < 1.29 is 9.59 Å². The van der Waals surface area contributed by atoms with Crippen LogP contribution in [0.25, 0.3) is 0 Å². The van der Waals surface area contributed by atoms with Gasteiger partial charge in [-0.1, -0.05) is 6.07 Å². The van der Waals surface area contributed by atoms with Crippen LogP contribution in [0.3, 0.4) is 0 Å². The molecule has 1 saturated heterocycles. The van der Waals surface area contributed by atoms with Crippen LogP contribution in [-0.2, 0) is 9.59 Å². The Kier molecular flexibility index (Phi) is 4.61. The molecule has 20 heavy (non-hydrogen) atoms. The summed E-state index contributed by atoms with van der Waals surface area (Å²) in [4.78, 5) is 25.1. The third kappa shape index (κ3) is 3.50. The average molecular weight is 275 g/mol. The van der Waals surface area contributed by atoms with Gasteiger partial charge in [-0.05, 0) is 37.5 Å². The minimum atomic E-state index is -0.0367. The first-order valence-electron chi connectivity index (χ1n) is 7.00. The van der Waals surface area contributed by atoms with Gasteiger partial charge in [0.05, 0.1) is 0 Å². The van der Waals surface area contributed by atoms with E-state index in [0.29, 0.717) is 31.5 Å². The van der Waals surface area contributed by atoms with Gasteiger partial charge in [-0.25, -0.2) is 0 Å². The van der Waals surface area contributed by atoms with Crippen LogP contribution < -0.4 is 11.1 Å². The molecule has 5 nitrogen and oxygen atoms in total. The predicted octanol–water partition coefficient (Wildman–Crippen LogP) is 1.92. The van der Waals surface area contributed by atoms with Gasteiger partial charge in [0.2, 0.25) is 11.8 Å². The van der Waals surface area contributed by atoms with E-state index in [0.717, 1.165) is 24.2 Å². The Morgan fingerprint density at radius 3 is 2.95 bits per heavy atom. The molecule has 2 rings (SSSR count). The van der Waals surface area contributed by atoms with Crippen LogP contribution in [0.15, 0.2) is 18.2 Å². The molecule has 1 fully saturated rings. The summed E-state index contributed by atoms with van der Waals surface area (Å²) >= 11 is 0. The molecule has 1 aliphatic heterocycles. The highest BCUT2D eigenvalue weighted by Gasteiger charge is 2.19. The molecule has 0 aromatic heterocycles. The molecule has 0 bridgehead atoms. The van der Waals surface area contributed by atoms with Crippen molar-refractivity contribution >= 4 is 23.2 Å². The molecule has 3 N–H and O–H groups in total. The summed E-state index contributed by atoms with van der Waals surface area (Å²) < 4.78 is 0. The normalized spacial score (nSPS) is 14.7. The van der Waals surface area contributed by atoms with Crippen molar-refractivity contribution in [2.45, 2.75) is 32.6 Å². The third-order valence-corrected chi connectivity index (χ3v) is 3.65. The number of anilines is 2. The number of nitrogen functional groups attached to an aromatic ring is 1. The molecule has 1 aromatic rings.